The van der Waals surface area contributed by atoms with Gasteiger partial charge in [-0.2, -0.15) is 0 Å². The largest absolute Gasteiger partial charge is 0.330 e. The van der Waals surface area contributed by atoms with Crippen LogP contribution in [-0.4, -0.2) is 6.54 Å². The lowest BCUT2D eigenvalue weighted by molar-refractivity contribution is 0.493. The van der Waals surface area contributed by atoms with E-state index in [-0.39, 0.29) is 16.2 Å². The molecule has 0 unspecified atom stereocenters. The number of benzene rings is 2. The second-order valence-corrected chi connectivity index (χ2v) is 10.6. The maximum Gasteiger partial charge on any atom is 0.0187 e. The molecule has 1 aliphatic carbocycles. The molecule has 2 aromatic carbocycles. The fraction of sp³-hybridized carbons (Fsp3) is 0.538. The van der Waals surface area contributed by atoms with Crippen LogP contribution >= 0.6 is 0 Å². The standard InChI is InChI=1S/C26H37N/c1-24(2,3)18-10-12-20-21-13-11-19(25(4,5)6)17-23(21)26(7,22(20)16-18)14-8-9-15-27/h10-13,16-17H,8-9,14-15,27H2,1-7H3. The van der Waals surface area contributed by atoms with E-state index in [9.17, 15) is 0 Å². The van der Waals surface area contributed by atoms with E-state index in [1.165, 1.54) is 39.8 Å². The number of fused-ring (bicyclic) bond motifs is 3. The first kappa shape index (κ1) is 20.1. The predicted octanol–water partition coefficient (Wildman–Crippen LogP) is 6.70. The molecule has 0 amide bonds. The van der Waals surface area contributed by atoms with E-state index in [0.29, 0.717) is 0 Å². The van der Waals surface area contributed by atoms with Gasteiger partial charge in [-0.05, 0) is 63.6 Å². The topological polar surface area (TPSA) is 26.0 Å². The van der Waals surface area contributed by atoms with Gasteiger partial charge in [0.05, 0.1) is 0 Å². The molecule has 0 aromatic heterocycles. The molecule has 2 aromatic rings. The molecule has 0 spiro atoms. The van der Waals surface area contributed by atoms with Crippen molar-refractivity contribution in [2.24, 2.45) is 5.73 Å². The van der Waals surface area contributed by atoms with Crippen molar-refractivity contribution in [1.82, 2.24) is 0 Å². The van der Waals surface area contributed by atoms with Crippen LogP contribution in [-0.2, 0) is 16.2 Å². The first-order valence-electron chi connectivity index (χ1n) is 10.5. The minimum absolute atomic E-state index is 0.0718. The van der Waals surface area contributed by atoms with Crippen LogP contribution in [0.1, 0.15) is 90.0 Å². The average molecular weight is 364 g/mol. The highest BCUT2D eigenvalue weighted by Crippen LogP contribution is 2.52. The lowest BCUT2D eigenvalue weighted by atomic mass is 9.73. The molecule has 0 heterocycles. The first-order valence-corrected chi connectivity index (χ1v) is 10.5. The van der Waals surface area contributed by atoms with E-state index >= 15 is 0 Å². The van der Waals surface area contributed by atoms with Crippen molar-refractivity contribution in [3.05, 3.63) is 58.7 Å². The Labute approximate surface area is 166 Å². The molecule has 3 rings (SSSR count). The number of rotatable bonds is 4. The summed E-state index contributed by atoms with van der Waals surface area (Å²) in [7, 11) is 0. The Bertz CT molecular complexity index is 767. The highest BCUT2D eigenvalue weighted by Gasteiger charge is 2.40. The summed E-state index contributed by atoms with van der Waals surface area (Å²) in [6.07, 6.45) is 3.43. The highest BCUT2D eigenvalue weighted by atomic mass is 14.5. The van der Waals surface area contributed by atoms with E-state index in [1.807, 2.05) is 0 Å². The van der Waals surface area contributed by atoms with Crippen molar-refractivity contribution < 1.29 is 0 Å². The molecule has 0 fully saturated rings. The van der Waals surface area contributed by atoms with E-state index < -0.39 is 0 Å². The van der Waals surface area contributed by atoms with Gasteiger partial charge in [0.15, 0.2) is 0 Å². The summed E-state index contributed by atoms with van der Waals surface area (Å²) in [5, 5.41) is 0. The summed E-state index contributed by atoms with van der Waals surface area (Å²) in [5.74, 6) is 0. The molecule has 1 heteroatoms. The third kappa shape index (κ3) is 3.59. The Morgan fingerprint density at radius 3 is 1.56 bits per heavy atom. The number of hydrogen-bond acceptors (Lipinski definition) is 1. The zero-order chi connectivity index (χ0) is 20.0. The minimum Gasteiger partial charge on any atom is -0.330 e. The van der Waals surface area contributed by atoms with Crippen molar-refractivity contribution in [3.63, 3.8) is 0 Å². The molecule has 146 valence electrons. The summed E-state index contributed by atoms with van der Waals surface area (Å²) < 4.78 is 0. The van der Waals surface area contributed by atoms with Crippen molar-refractivity contribution in [2.75, 3.05) is 6.54 Å². The van der Waals surface area contributed by atoms with Crippen LogP contribution < -0.4 is 5.73 Å². The molecule has 0 saturated carbocycles. The minimum atomic E-state index is 0.0718. The Morgan fingerprint density at radius 2 is 1.19 bits per heavy atom. The molecule has 1 nitrogen and oxygen atoms in total. The Kier molecular flexibility index (Phi) is 5.06. The van der Waals surface area contributed by atoms with E-state index in [0.717, 1.165) is 19.4 Å². The van der Waals surface area contributed by atoms with Crippen LogP contribution in [0.4, 0.5) is 0 Å². The normalized spacial score (nSPS) is 15.6. The van der Waals surface area contributed by atoms with Gasteiger partial charge in [0.2, 0.25) is 0 Å². The van der Waals surface area contributed by atoms with E-state index in [2.05, 4.69) is 84.9 Å². The summed E-state index contributed by atoms with van der Waals surface area (Å²) in [4.78, 5) is 0. The summed E-state index contributed by atoms with van der Waals surface area (Å²) in [6.45, 7) is 17.1. The van der Waals surface area contributed by atoms with Gasteiger partial charge in [-0.25, -0.2) is 0 Å². The van der Waals surface area contributed by atoms with Crippen LogP contribution in [0.15, 0.2) is 36.4 Å². The number of nitrogens with two attached hydrogens (primary N) is 1. The quantitative estimate of drug-likeness (QED) is 0.601. The summed E-state index contributed by atoms with van der Waals surface area (Å²) in [5.41, 5.74) is 14.9. The number of unbranched alkanes of at least 4 members (excludes halogenated alkanes) is 1. The van der Waals surface area contributed by atoms with E-state index in [1.54, 1.807) is 0 Å². The van der Waals surface area contributed by atoms with Crippen LogP contribution in [0.5, 0.6) is 0 Å². The van der Waals surface area contributed by atoms with E-state index in [4.69, 9.17) is 5.73 Å². The monoisotopic (exact) mass is 363 g/mol. The van der Waals surface area contributed by atoms with Gasteiger partial charge in [-0.15, -0.1) is 0 Å². The van der Waals surface area contributed by atoms with Crippen molar-refractivity contribution in [1.29, 1.82) is 0 Å². The van der Waals surface area contributed by atoms with Crippen LogP contribution in [0, 0.1) is 0 Å². The van der Waals surface area contributed by atoms with Crippen molar-refractivity contribution in [3.8, 4) is 11.1 Å². The molecular formula is C26H37N. The maximum absolute atomic E-state index is 5.81. The van der Waals surface area contributed by atoms with Gasteiger partial charge in [-0.1, -0.05) is 91.3 Å². The molecule has 1 aliphatic rings. The second kappa shape index (κ2) is 6.78. The SMILES string of the molecule is CC(C)(C)c1ccc2c(c1)C(C)(CCCCN)c1cc(C(C)(C)C)ccc1-2. The highest BCUT2D eigenvalue weighted by molar-refractivity contribution is 5.81. The fourth-order valence-electron chi connectivity index (χ4n) is 4.44. The van der Waals surface area contributed by atoms with Crippen LogP contribution in [0.25, 0.3) is 11.1 Å². The summed E-state index contributed by atoms with van der Waals surface area (Å²) >= 11 is 0. The third-order valence-electron chi connectivity index (χ3n) is 6.38. The van der Waals surface area contributed by atoms with Crippen LogP contribution in [0.2, 0.25) is 0 Å². The lowest BCUT2D eigenvalue weighted by Gasteiger charge is -2.30. The molecule has 0 atom stereocenters. The van der Waals surface area contributed by atoms with Gasteiger partial charge in [0.25, 0.3) is 0 Å². The van der Waals surface area contributed by atoms with Crippen molar-refractivity contribution >= 4 is 0 Å². The van der Waals surface area contributed by atoms with Gasteiger partial charge in [0, 0.05) is 5.41 Å². The molecule has 27 heavy (non-hydrogen) atoms. The average Bonchev–Trinajstić information content (AvgIpc) is 2.82. The number of hydrogen-bond donors (Lipinski definition) is 1. The lowest BCUT2D eigenvalue weighted by Crippen LogP contribution is -2.23. The third-order valence-corrected chi connectivity index (χ3v) is 6.38. The molecule has 0 bridgehead atoms. The zero-order valence-corrected chi connectivity index (χ0v) is 18.4. The van der Waals surface area contributed by atoms with Gasteiger partial charge in [0.1, 0.15) is 0 Å². The molecule has 0 aliphatic heterocycles. The molecule has 2 N–H and O–H groups in total. The van der Waals surface area contributed by atoms with Crippen LogP contribution in [0.3, 0.4) is 0 Å². The smallest absolute Gasteiger partial charge is 0.0187 e. The Balaban J connectivity index is 2.19. The van der Waals surface area contributed by atoms with Gasteiger partial charge in [-0.3, -0.25) is 0 Å². The fourth-order valence-corrected chi connectivity index (χ4v) is 4.44. The first-order chi connectivity index (χ1) is 12.5. The Morgan fingerprint density at radius 1 is 0.741 bits per heavy atom. The molecular weight excluding hydrogens is 326 g/mol. The summed E-state index contributed by atoms with van der Waals surface area (Å²) in [6, 6.07) is 14.3. The van der Waals surface area contributed by atoms with Crippen molar-refractivity contribution in [2.45, 2.75) is 84.0 Å². The molecule has 0 saturated heterocycles. The maximum atomic E-state index is 5.81. The Hall–Kier alpha value is -1.60. The second-order valence-electron chi connectivity index (χ2n) is 10.6. The van der Waals surface area contributed by atoms with Gasteiger partial charge >= 0.3 is 0 Å². The molecule has 0 radical (unpaired) electrons. The van der Waals surface area contributed by atoms with Gasteiger partial charge < -0.3 is 5.73 Å². The zero-order valence-electron chi connectivity index (χ0n) is 18.4. The predicted molar refractivity (Wildman–Crippen MR) is 119 cm³/mol.